The van der Waals surface area contributed by atoms with Gasteiger partial charge in [-0.2, -0.15) is 0 Å². The van der Waals surface area contributed by atoms with Crippen molar-refractivity contribution < 1.29 is 0 Å². The monoisotopic (exact) mass is 666 g/mol. The summed E-state index contributed by atoms with van der Waals surface area (Å²) in [5.41, 5.74) is 6.93. The van der Waals surface area contributed by atoms with Gasteiger partial charge in [-0.05, 0) is 93.0 Å². The van der Waals surface area contributed by atoms with E-state index in [0.717, 1.165) is 22.7 Å². The second-order valence-electron chi connectivity index (χ2n) is 13.4. The van der Waals surface area contributed by atoms with E-state index in [4.69, 9.17) is 0 Å². The molecule has 2 nitrogen and oxygen atoms in total. The Labute approximate surface area is 298 Å². The molecule has 11 aromatic rings. The molecule has 51 heavy (non-hydrogen) atoms. The van der Waals surface area contributed by atoms with Gasteiger partial charge in [-0.15, -0.1) is 11.3 Å². The van der Waals surface area contributed by atoms with Crippen molar-refractivity contribution in [1.29, 1.82) is 0 Å². The average Bonchev–Trinajstić information content (AvgIpc) is 3.73. The number of fused-ring (bicyclic) bond motifs is 11. The lowest BCUT2D eigenvalue weighted by molar-refractivity contribution is 1.18. The molecule has 238 valence electrons. The number of benzene rings is 9. The topological polar surface area (TPSA) is 8.17 Å². The van der Waals surface area contributed by atoms with Crippen molar-refractivity contribution in [2.75, 3.05) is 4.90 Å². The number of aromatic nitrogens is 1. The molecular weight excluding hydrogens is 637 g/mol. The van der Waals surface area contributed by atoms with Crippen molar-refractivity contribution in [2.45, 2.75) is 0 Å². The molecule has 0 aliphatic rings. The molecule has 0 fully saturated rings. The van der Waals surface area contributed by atoms with Crippen molar-refractivity contribution in [3.8, 4) is 5.69 Å². The number of nitrogens with zero attached hydrogens (tertiary/aromatic N) is 2. The van der Waals surface area contributed by atoms with Crippen LogP contribution in [0.2, 0.25) is 0 Å². The zero-order valence-corrected chi connectivity index (χ0v) is 28.4. The third kappa shape index (κ3) is 4.35. The number of para-hydroxylation sites is 2. The summed E-state index contributed by atoms with van der Waals surface area (Å²) in [4.78, 5) is 2.44. The van der Waals surface area contributed by atoms with E-state index >= 15 is 0 Å². The van der Waals surface area contributed by atoms with Crippen LogP contribution in [0.3, 0.4) is 0 Å². The van der Waals surface area contributed by atoms with E-state index in [-0.39, 0.29) is 0 Å². The van der Waals surface area contributed by atoms with Crippen LogP contribution < -0.4 is 4.90 Å². The molecule has 0 N–H and O–H groups in total. The lowest BCUT2D eigenvalue weighted by Crippen LogP contribution is -2.10. The van der Waals surface area contributed by atoms with Crippen molar-refractivity contribution >= 4 is 103 Å². The summed E-state index contributed by atoms with van der Waals surface area (Å²) in [7, 11) is 0. The van der Waals surface area contributed by atoms with Gasteiger partial charge in [0.15, 0.2) is 0 Å². The van der Waals surface area contributed by atoms with E-state index in [1.54, 1.807) is 0 Å². The maximum absolute atomic E-state index is 2.44. The SMILES string of the molecule is c1ccc(-n2c3ccccc3c3ccc(N(c4ccc5c(c4)sc4ccccc45)c4ccc5ccc6ccc7ccccc7c6c5c4)cc32)cc1. The molecule has 2 aromatic heterocycles. The van der Waals surface area contributed by atoms with Gasteiger partial charge in [-0.25, -0.2) is 0 Å². The van der Waals surface area contributed by atoms with E-state index < -0.39 is 0 Å². The van der Waals surface area contributed by atoms with Gasteiger partial charge in [0.2, 0.25) is 0 Å². The van der Waals surface area contributed by atoms with Crippen LogP contribution in [0.15, 0.2) is 182 Å². The number of hydrogen-bond acceptors (Lipinski definition) is 2. The Bertz CT molecular complexity index is 3150. The van der Waals surface area contributed by atoms with Crippen LogP contribution in [0.25, 0.3) is 80.0 Å². The third-order valence-corrected chi connectivity index (χ3v) is 11.7. The van der Waals surface area contributed by atoms with Crippen molar-refractivity contribution in [2.24, 2.45) is 0 Å². The van der Waals surface area contributed by atoms with E-state index in [1.165, 1.54) is 74.3 Å². The van der Waals surface area contributed by atoms with Crippen molar-refractivity contribution in [3.63, 3.8) is 0 Å². The molecule has 0 saturated heterocycles. The summed E-state index contributed by atoms with van der Waals surface area (Å²) in [6.45, 7) is 0. The molecule has 0 bridgehead atoms. The average molecular weight is 667 g/mol. The molecule has 0 amide bonds. The van der Waals surface area contributed by atoms with Gasteiger partial charge in [-0.3, -0.25) is 0 Å². The van der Waals surface area contributed by atoms with Crippen LogP contribution in [-0.4, -0.2) is 4.57 Å². The maximum atomic E-state index is 2.44. The van der Waals surface area contributed by atoms with E-state index in [0.29, 0.717) is 0 Å². The molecular formula is C48H30N2S. The predicted molar refractivity (Wildman–Crippen MR) is 221 cm³/mol. The molecule has 0 aliphatic heterocycles. The Morgan fingerprint density at radius 1 is 0.353 bits per heavy atom. The Hall–Kier alpha value is -6.42. The molecule has 0 saturated carbocycles. The minimum Gasteiger partial charge on any atom is -0.310 e. The normalized spacial score (nSPS) is 11.9. The van der Waals surface area contributed by atoms with E-state index in [1.807, 2.05) is 11.3 Å². The largest absolute Gasteiger partial charge is 0.310 e. The highest BCUT2D eigenvalue weighted by Crippen LogP contribution is 2.44. The third-order valence-electron chi connectivity index (χ3n) is 10.5. The summed E-state index contributed by atoms with van der Waals surface area (Å²) in [6, 6.07) is 66.9. The zero-order valence-electron chi connectivity index (χ0n) is 27.6. The first kappa shape index (κ1) is 28.4. The van der Waals surface area contributed by atoms with Crippen LogP contribution in [0.1, 0.15) is 0 Å². The summed E-state index contributed by atoms with van der Waals surface area (Å²) in [5, 5.41) is 12.7. The van der Waals surface area contributed by atoms with Crippen molar-refractivity contribution in [3.05, 3.63) is 182 Å². The van der Waals surface area contributed by atoms with Crippen LogP contribution in [-0.2, 0) is 0 Å². The minimum atomic E-state index is 1.12. The van der Waals surface area contributed by atoms with Crippen LogP contribution in [0.4, 0.5) is 17.1 Å². The summed E-state index contributed by atoms with van der Waals surface area (Å²) < 4.78 is 5.01. The van der Waals surface area contributed by atoms with Crippen molar-refractivity contribution in [1.82, 2.24) is 4.57 Å². The zero-order chi connectivity index (χ0) is 33.5. The molecule has 2 heterocycles. The Morgan fingerprint density at radius 3 is 1.78 bits per heavy atom. The second kappa shape index (κ2) is 11.0. The molecule has 0 atom stereocenters. The first-order chi connectivity index (χ1) is 25.3. The molecule has 0 aliphatic carbocycles. The Balaban J connectivity index is 1.21. The number of rotatable bonds is 4. The van der Waals surface area contributed by atoms with Crippen LogP contribution in [0, 0.1) is 0 Å². The fourth-order valence-electron chi connectivity index (χ4n) is 8.21. The van der Waals surface area contributed by atoms with Gasteiger partial charge in [-0.1, -0.05) is 121 Å². The maximum Gasteiger partial charge on any atom is 0.0561 e. The first-order valence-electron chi connectivity index (χ1n) is 17.4. The second-order valence-corrected chi connectivity index (χ2v) is 14.4. The van der Waals surface area contributed by atoms with E-state index in [9.17, 15) is 0 Å². The highest BCUT2D eigenvalue weighted by molar-refractivity contribution is 7.25. The highest BCUT2D eigenvalue weighted by Gasteiger charge is 2.19. The molecule has 11 rings (SSSR count). The number of thiophene rings is 1. The summed E-state index contributed by atoms with van der Waals surface area (Å²) in [6.07, 6.45) is 0. The predicted octanol–water partition coefficient (Wildman–Crippen LogP) is 14.1. The fourth-order valence-corrected chi connectivity index (χ4v) is 9.35. The van der Waals surface area contributed by atoms with Gasteiger partial charge >= 0.3 is 0 Å². The minimum absolute atomic E-state index is 1.12. The summed E-state index contributed by atoms with van der Waals surface area (Å²) in [5.74, 6) is 0. The first-order valence-corrected chi connectivity index (χ1v) is 18.2. The standard InChI is InChI=1S/C48H30N2S/c1-2-11-34(12-3-1)50-44-16-8-6-14-39(44)40-26-24-36(29-45(40)50)49(37-25-27-42-41-15-7-9-17-46(41)51-47(42)30-37)35-23-22-32-19-21-33-20-18-31-10-4-5-13-38(31)48(33)43(32)28-35/h1-30H. The van der Waals surface area contributed by atoms with E-state index in [2.05, 4.69) is 191 Å². The number of hydrogen-bond donors (Lipinski definition) is 0. The molecule has 0 radical (unpaired) electrons. The van der Waals surface area contributed by atoms with Gasteiger partial charge < -0.3 is 9.47 Å². The molecule has 0 spiro atoms. The smallest absolute Gasteiger partial charge is 0.0561 e. The fraction of sp³-hybridized carbons (Fsp3) is 0. The molecule has 9 aromatic carbocycles. The lowest BCUT2D eigenvalue weighted by atomic mass is 9.96. The quantitative estimate of drug-likeness (QED) is 0.170. The van der Waals surface area contributed by atoms with Gasteiger partial charge in [0.05, 0.1) is 11.0 Å². The van der Waals surface area contributed by atoms with Crippen LogP contribution in [0.5, 0.6) is 0 Å². The Morgan fingerprint density at radius 2 is 0.922 bits per heavy atom. The lowest BCUT2D eigenvalue weighted by Gasteiger charge is -2.26. The van der Waals surface area contributed by atoms with Gasteiger partial charge in [0.1, 0.15) is 0 Å². The highest BCUT2D eigenvalue weighted by atomic mass is 32.1. The molecule has 3 heteroatoms. The molecule has 0 unspecified atom stereocenters. The van der Waals surface area contributed by atoms with Gasteiger partial charge in [0, 0.05) is 53.7 Å². The Kier molecular flexibility index (Phi) is 6.16. The summed E-state index contributed by atoms with van der Waals surface area (Å²) >= 11 is 1.86. The van der Waals surface area contributed by atoms with Crippen LogP contribution >= 0.6 is 11.3 Å². The van der Waals surface area contributed by atoms with Gasteiger partial charge in [0.25, 0.3) is 0 Å². The number of anilines is 3.